The van der Waals surface area contributed by atoms with Gasteiger partial charge >= 0.3 is 0 Å². The van der Waals surface area contributed by atoms with Crippen LogP contribution in [0.5, 0.6) is 5.75 Å². The average Bonchev–Trinajstić information content (AvgIpc) is 3.21. The Morgan fingerprint density at radius 3 is 2.79 bits per heavy atom. The van der Waals surface area contributed by atoms with E-state index >= 15 is 0 Å². The lowest BCUT2D eigenvalue weighted by molar-refractivity contribution is 0.0925. The van der Waals surface area contributed by atoms with Crippen molar-refractivity contribution in [2.24, 2.45) is 5.14 Å². The minimum absolute atomic E-state index is 0.0535. The van der Waals surface area contributed by atoms with E-state index in [0.29, 0.717) is 5.75 Å². The fourth-order valence-corrected chi connectivity index (χ4v) is 4.55. The van der Waals surface area contributed by atoms with E-state index in [1.54, 1.807) is 0 Å². The number of hydrogen-bond donors (Lipinski definition) is 3. The summed E-state index contributed by atoms with van der Waals surface area (Å²) in [4.78, 5) is 12.9. The van der Waals surface area contributed by atoms with Gasteiger partial charge in [0.1, 0.15) is 5.75 Å². The molecular formula is C20H29N3O4S. The molecule has 4 N–H and O–H groups in total. The van der Waals surface area contributed by atoms with E-state index < -0.39 is 10.0 Å². The summed E-state index contributed by atoms with van der Waals surface area (Å²) in [7, 11) is -2.46. The predicted molar refractivity (Wildman–Crippen MR) is 108 cm³/mol. The van der Waals surface area contributed by atoms with Crippen molar-refractivity contribution in [3.8, 4) is 5.75 Å². The van der Waals surface area contributed by atoms with Crippen LogP contribution in [0.2, 0.25) is 0 Å². The van der Waals surface area contributed by atoms with Crippen LogP contribution >= 0.6 is 0 Å². The van der Waals surface area contributed by atoms with Gasteiger partial charge < -0.3 is 15.4 Å². The van der Waals surface area contributed by atoms with Crippen molar-refractivity contribution in [3.05, 3.63) is 35.4 Å². The molecule has 0 spiro atoms. The van der Waals surface area contributed by atoms with Crippen molar-refractivity contribution in [3.63, 3.8) is 0 Å². The van der Waals surface area contributed by atoms with E-state index in [9.17, 15) is 13.2 Å². The average molecular weight is 408 g/mol. The quantitative estimate of drug-likeness (QED) is 0.600. The Balaban J connectivity index is 1.83. The number of benzene rings is 1. The molecule has 0 bridgehead atoms. The Labute approximate surface area is 166 Å². The first kappa shape index (κ1) is 20.8. The molecule has 1 fully saturated rings. The third-order valence-electron chi connectivity index (χ3n) is 5.51. The van der Waals surface area contributed by atoms with Crippen LogP contribution in [0.1, 0.15) is 55.3 Å². The summed E-state index contributed by atoms with van der Waals surface area (Å²) in [6, 6.07) is 4.23. The van der Waals surface area contributed by atoms with E-state index in [2.05, 4.69) is 16.7 Å². The van der Waals surface area contributed by atoms with Gasteiger partial charge in [-0.2, -0.15) is 0 Å². The molecule has 1 aromatic carbocycles. The van der Waals surface area contributed by atoms with Crippen molar-refractivity contribution < 1.29 is 17.9 Å². The summed E-state index contributed by atoms with van der Waals surface area (Å²) < 4.78 is 28.6. The molecular weight excluding hydrogens is 378 g/mol. The number of allylic oxidation sites excluding steroid dienone is 1. The van der Waals surface area contributed by atoms with Gasteiger partial charge in [-0.15, -0.1) is 0 Å². The fraction of sp³-hybridized carbons (Fsp3) is 0.550. The standard InChI is InChI=1S/C20H29N3O4S/c1-27-19-10-9-15(28(21,25)26)13-16(19)20(24)23-18(17-8-5-11-22-17)12-14-6-3-2-4-7-14/h6,9-10,13,17-18,22H,2-5,7-8,11-12H2,1H3,(H,23,24)(H2,21,25,26). The molecule has 0 aromatic heterocycles. The summed E-state index contributed by atoms with van der Waals surface area (Å²) in [5.74, 6) is -0.0302. The molecule has 1 aromatic rings. The fourth-order valence-electron chi connectivity index (χ4n) is 4.01. The summed E-state index contributed by atoms with van der Waals surface area (Å²) in [5.41, 5.74) is 1.56. The van der Waals surface area contributed by atoms with Crippen LogP contribution in [0, 0.1) is 0 Å². The van der Waals surface area contributed by atoms with Crippen molar-refractivity contribution >= 4 is 15.9 Å². The van der Waals surface area contributed by atoms with Crippen LogP contribution in [-0.4, -0.2) is 40.1 Å². The van der Waals surface area contributed by atoms with Gasteiger partial charge in [0, 0.05) is 12.1 Å². The lowest BCUT2D eigenvalue weighted by Gasteiger charge is -2.27. The number of primary sulfonamides is 1. The Bertz CT molecular complexity index is 845. The molecule has 3 rings (SSSR count). The molecule has 1 heterocycles. The first-order valence-electron chi connectivity index (χ1n) is 9.81. The zero-order valence-electron chi connectivity index (χ0n) is 16.2. The molecule has 0 radical (unpaired) electrons. The van der Waals surface area contributed by atoms with Crippen LogP contribution in [0.3, 0.4) is 0 Å². The minimum Gasteiger partial charge on any atom is -0.496 e. The maximum Gasteiger partial charge on any atom is 0.255 e. The van der Waals surface area contributed by atoms with Gasteiger partial charge in [-0.1, -0.05) is 11.6 Å². The normalized spacial score (nSPS) is 21.1. The molecule has 2 aliphatic rings. The molecule has 7 nitrogen and oxygen atoms in total. The van der Waals surface area contributed by atoms with Crippen LogP contribution < -0.4 is 20.5 Å². The van der Waals surface area contributed by atoms with Crippen LogP contribution in [0.25, 0.3) is 0 Å². The predicted octanol–water partition coefficient (Wildman–Crippen LogP) is 2.08. The van der Waals surface area contributed by atoms with E-state index in [4.69, 9.17) is 9.88 Å². The molecule has 1 saturated heterocycles. The SMILES string of the molecule is COc1ccc(S(N)(=O)=O)cc1C(=O)NC(CC1=CCCCC1)C1CCCN1. The summed E-state index contributed by atoms with van der Waals surface area (Å²) in [6.45, 7) is 0.945. The summed E-state index contributed by atoms with van der Waals surface area (Å²) in [5, 5.41) is 11.8. The molecule has 28 heavy (non-hydrogen) atoms. The van der Waals surface area contributed by atoms with Crippen molar-refractivity contribution in [2.45, 2.75) is 61.9 Å². The van der Waals surface area contributed by atoms with Crippen LogP contribution in [0.15, 0.2) is 34.7 Å². The Morgan fingerprint density at radius 1 is 1.36 bits per heavy atom. The molecule has 0 saturated carbocycles. The highest BCUT2D eigenvalue weighted by atomic mass is 32.2. The van der Waals surface area contributed by atoms with Crippen molar-refractivity contribution in [2.75, 3.05) is 13.7 Å². The number of methoxy groups -OCH3 is 1. The van der Waals surface area contributed by atoms with E-state index in [1.807, 2.05) is 0 Å². The summed E-state index contributed by atoms with van der Waals surface area (Å²) in [6.07, 6.45) is 9.77. The number of ether oxygens (including phenoxy) is 1. The Hall–Kier alpha value is -1.90. The number of amides is 1. The molecule has 1 aliphatic carbocycles. The van der Waals surface area contributed by atoms with Crippen molar-refractivity contribution in [1.29, 1.82) is 0 Å². The zero-order valence-corrected chi connectivity index (χ0v) is 17.1. The van der Waals surface area contributed by atoms with Gasteiger partial charge in [0.15, 0.2) is 0 Å². The van der Waals surface area contributed by atoms with Gasteiger partial charge in [-0.25, -0.2) is 13.6 Å². The Kier molecular flexibility index (Phi) is 6.74. The highest BCUT2D eigenvalue weighted by Crippen LogP contribution is 2.26. The first-order valence-corrected chi connectivity index (χ1v) is 11.4. The van der Waals surface area contributed by atoms with E-state index in [0.717, 1.165) is 38.6 Å². The summed E-state index contributed by atoms with van der Waals surface area (Å²) >= 11 is 0. The monoisotopic (exact) mass is 407 g/mol. The van der Waals surface area contributed by atoms with Gasteiger partial charge in [0.25, 0.3) is 5.91 Å². The molecule has 154 valence electrons. The maximum absolute atomic E-state index is 13.0. The molecule has 2 unspecified atom stereocenters. The Morgan fingerprint density at radius 2 is 2.18 bits per heavy atom. The van der Waals surface area contributed by atoms with Gasteiger partial charge in [0.05, 0.1) is 17.6 Å². The zero-order chi connectivity index (χ0) is 20.1. The highest BCUT2D eigenvalue weighted by Gasteiger charge is 2.28. The number of carbonyl (C=O) groups excluding carboxylic acids is 1. The van der Waals surface area contributed by atoms with E-state index in [1.165, 1.54) is 43.7 Å². The van der Waals surface area contributed by atoms with Crippen LogP contribution in [-0.2, 0) is 10.0 Å². The van der Waals surface area contributed by atoms with Gasteiger partial charge in [-0.05, 0) is 69.7 Å². The number of nitrogens with one attached hydrogen (secondary N) is 2. The maximum atomic E-state index is 13.0. The largest absolute Gasteiger partial charge is 0.496 e. The molecule has 8 heteroatoms. The van der Waals surface area contributed by atoms with Gasteiger partial charge in [0.2, 0.25) is 10.0 Å². The number of nitrogens with two attached hydrogens (primary N) is 1. The first-order chi connectivity index (χ1) is 13.4. The lowest BCUT2D eigenvalue weighted by atomic mass is 9.91. The number of sulfonamides is 1. The third kappa shape index (κ3) is 5.12. The minimum atomic E-state index is -3.91. The van der Waals surface area contributed by atoms with Crippen molar-refractivity contribution in [1.82, 2.24) is 10.6 Å². The lowest BCUT2D eigenvalue weighted by Crippen LogP contribution is -2.47. The third-order valence-corrected chi connectivity index (χ3v) is 6.42. The second-order valence-electron chi connectivity index (χ2n) is 7.50. The topological polar surface area (TPSA) is 111 Å². The van der Waals surface area contributed by atoms with Gasteiger partial charge in [-0.3, -0.25) is 4.79 Å². The number of carbonyl (C=O) groups is 1. The number of rotatable bonds is 7. The highest BCUT2D eigenvalue weighted by molar-refractivity contribution is 7.89. The smallest absolute Gasteiger partial charge is 0.255 e. The van der Waals surface area contributed by atoms with Crippen LogP contribution in [0.4, 0.5) is 0 Å². The number of hydrogen-bond acceptors (Lipinski definition) is 5. The molecule has 2 atom stereocenters. The second-order valence-corrected chi connectivity index (χ2v) is 9.06. The molecule has 1 amide bonds. The second kappa shape index (κ2) is 9.07. The molecule has 1 aliphatic heterocycles. The van der Waals surface area contributed by atoms with E-state index in [-0.39, 0.29) is 28.4 Å².